The van der Waals surface area contributed by atoms with Crippen LogP contribution in [0.2, 0.25) is 0 Å². The summed E-state index contributed by atoms with van der Waals surface area (Å²) in [5, 5.41) is 3.47. The summed E-state index contributed by atoms with van der Waals surface area (Å²) in [5.74, 6) is 2.06. The molecule has 1 aromatic rings. The second-order valence-electron chi connectivity index (χ2n) is 5.23. The summed E-state index contributed by atoms with van der Waals surface area (Å²) in [6, 6.07) is 2.62. The third-order valence-electron chi connectivity index (χ3n) is 4.12. The van der Waals surface area contributed by atoms with E-state index in [0.29, 0.717) is 6.04 Å². The lowest BCUT2D eigenvalue weighted by atomic mass is 9.83. The fourth-order valence-electron chi connectivity index (χ4n) is 3.10. The maximum Gasteiger partial charge on any atom is 0.108 e. The van der Waals surface area contributed by atoms with Gasteiger partial charge in [-0.1, -0.05) is 39.0 Å². The molecule has 1 heterocycles. The van der Waals surface area contributed by atoms with Crippen LogP contribution < -0.4 is 5.32 Å². The number of hydrogen-bond donors (Lipinski definition) is 1. The van der Waals surface area contributed by atoms with Crippen molar-refractivity contribution in [2.24, 2.45) is 5.92 Å². The molecule has 2 nitrogen and oxygen atoms in total. The average Bonchev–Trinajstić information content (AvgIpc) is 2.85. The first-order valence-electron chi connectivity index (χ1n) is 7.08. The van der Waals surface area contributed by atoms with E-state index in [1.807, 2.05) is 6.26 Å². The molecular weight excluding hydrogens is 210 g/mol. The van der Waals surface area contributed by atoms with E-state index in [2.05, 4.69) is 25.4 Å². The zero-order valence-corrected chi connectivity index (χ0v) is 11.2. The Balaban J connectivity index is 2.00. The van der Waals surface area contributed by atoms with Crippen molar-refractivity contribution in [3.63, 3.8) is 0 Å². The molecule has 2 heteroatoms. The van der Waals surface area contributed by atoms with Crippen LogP contribution in [0.25, 0.3) is 0 Å². The monoisotopic (exact) mass is 235 g/mol. The zero-order valence-electron chi connectivity index (χ0n) is 11.2. The molecule has 1 aliphatic rings. The van der Waals surface area contributed by atoms with Gasteiger partial charge in [0.15, 0.2) is 0 Å². The standard InChI is InChI=1S/C15H25NO/c1-3-15-13(9-10-17-15)14(16-2)11-12-7-5-4-6-8-12/h9-10,12,14,16H,3-8,11H2,1-2H3. The summed E-state index contributed by atoms with van der Waals surface area (Å²) in [6.45, 7) is 2.16. The van der Waals surface area contributed by atoms with Crippen molar-refractivity contribution in [3.05, 3.63) is 23.7 Å². The fourth-order valence-corrected chi connectivity index (χ4v) is 3.10. The Bertz CT molecular complexity index is 325. The smallest absolute Gasteiger partial charge is 0.108 e. The van der Waals surface area contributed by atoms with Crippen molar-refractivity contribution in [1.82, 2.24) is 5.32 Å². The highest BCUT2D eigenvalue weighted by molar-refractivity contribution is 5.21. The Morgan fingerprint density at radius 1 is 1.35 bits per heavy atom. The summed E-state index contributed by atoms with van der Waals surface area (Å²) >= 11 is 0. The SMILES string of the molecule is CCc1occc1C(CC1CCCCC1)NC. The Kier molecular flexibility index (Phi) is 4.66. The minimum Gasteiger partial charge on any atom is -0.469 e. The molecule has 0 spiro atoms. The van der Waals surface area contributed by atoms with Crippen LogP contribution in [0.4, 0.5) is 0 Å². The lowest BCUT2D eigenvalue weighted by molar-refractivity contribution is 0.304. The molecule has 1 N–H and O–H groups in total. The third kappa shape index (κ3) is 3.12. The molecule has 1 atom stereocenters. The van der Waals surface area contributed by atoms with Crippen molar-refractivity contribution in [2.75, 3.05) is 7.05 Å². The minimum absolute atomic E-state index is 0.479. The Hall–Kier alpha value is -0.760. The second-order valence-corrected chi connectivity index (χ2v) is 5.23. The van der Waals surface area contributed by atoms with Gasteiger partial charge in [-0.25, -0.2) is 0 Å². The van der Waals surface area contributed by atoms with Crippen LogP contribution in [-0.4, -0.2) is 7.05 Å². The number of aryl methyl sites for hydroxylation is 1. The van der Waals surface area contributed by atoms with Crippen LogP contribution in [0, 0.1) is 5.92 Å². The largest absolute Gasteiger partial charge is 0.469 e. The lowest BCUT2D eigenvalue weighted by Crippen LogP contribution is -2.21. The van der Waals surface area contributed by atoms with E-state index in [1.54, 1.807) is 0 Å². The van der Waals surface area contributed by atoms with Crippen molar-refractivity contribution in [3.8, 4) is 0 Å². The van der Waals surface area contributed by atoms with Crippen LogP contribution in [0.5, 0.6) is 0 Å². The van der Waals surface area contributed by atoms with E-state index < -0.39 is 0 Å². The topological polar surface area (TPSA) is 25.2 Å². The molecule has 0 aromatic carbocycles. The van der Waals surface area contributed by atoms with E-state index in [1.165, 1.54) is 44.1 Å². The molecule has 1 aromatic heterocycles. The number of hydrogen-bond acceptors (Lipinski definition) is 2. The number of nitrogens with one attached hydrogen (secondary N) is 1. The summed E-state index contributed by atoms with van der Waals surface area (Å²) in [5.41, 5.74) is 1.38. The second kappa shape index (κ2) is 6.25. The predicted molar refractivity (Wildman–Crippen MR) is 71.1 cm³/mol. The first-order chi connectivity index (χ1) is 8.35. The van der Waals surface area contributed by atoms with Crippen LogP contribution in [0.3, 0.4) is 0 Å². The Morgan fingerprint density at radius 3 is 2.76 bits per heavy atom. The van der Waals surface area contributed by atoms with Crippen LogP contribution in [-0.2, 0) is 6.42 Å². The van der Waals surface area contributed by atoms with E-state index in [-0.39, 0.29) is 0 Å². The van der Waals surface area contributed by atoms with Gasteiger partial charge in [0.25, 0.3) is 0 Å². The molecule has 17 heavy (non-hydrogen) atoms. The lowest BCUT2D eigenvalue weighted by Gasteiger charge is -2.26. The maximum absolute atomic E-state index is 5.55. The molecular formula is C15H25NO. The van der Waals surface area contributed by atoms with Gasteiger partial charge in [-0.3, -0.25) is 0 Å². The van der Waals surface area contributed by atoms with Gasteiger partial charge >= 0.3 is 0 Å². The van der Waals surface area contributed by atoms with Gasteiger partial charge < -0.3 is 9.73 Å². The summed E-state index contributed by atoms with van der Waals surface area (Å²) in [4.78, 5) is 0. The molecule has 2 rings (SSSR count). The zero-order chi connectivity index (χ0) is 12.1. The fraction of sp³-hybridized carbons (Fsp3) is 0.733. The summed E-state index contributed by atoms with van der Waals surface area (Å²) < 4.78 is 5.55. The van der Waals surface area contributed by atoms with E-state index in [9.17, 15) is 0 Å². The van der Waals surface area contributed by atoms with Gasteiger partial charge in [0, 0.05) is 18.0 Å². The first kappa shape index (κ1) is 12.7. The normalized spacial score (nSPS) is 19.4. The molecule has 0 bridgehead atoms. The molecule has 0 amide bonds. The average molecular weight is 235 g/mol. The molecule has 1 fully saturated rings. The highest BCUT2D eigenvalue weighted by Gasteiger charge is 2.21. The van der Waals surface area contributed by atoms with Gasteiger partial charge in [-0.15, -0.1) is 0 Å². The molecule has 0 radical (unpaired) electrons. The number of rotatable bonds is 5. The Labute approximate surface area is 105 Å². The molecule has 96 valence electrons. The van der Waals surface area contributed by atoms with Crippen LogP contribution >= 0.6 is 0 Å². The molecule has 1 unspecified atom stereocenters. The van der Waals surface area contributed by atoms with Gasteiger partial charge in [-0.2, -0.15) is 0 Å². The van der Waals surface area contributed by atoms with E-state index >= 15 is 0 Å². The third-order valence-corrected chi connectivity index (χ3v) is 4.12. The minimum atomic E-state index is 0.479. The first-order valence-corrected chi connectivity index (χ1v) is 7.08. The van der Waals surface area contributed by atoms with Gasteiger partial charge in [0.1, 0.15) is 5.76 Å². The summed E-state index contributed by atoms with van der Waals surface area (Å²) in [7, 11) is 2.07. The molecule has 0 saturated heterocycles. The van der Waals surface area contributed by atoms with E-state index in [4.69, 9.17) is 4.42 Å². The van der Waals surface area contributed by atoms with Crippen molar-refractivity contribution in [1.29, 1.82) is 0 Å². The maximum atomic E-state index is 5.55. The highest BCUT2D eigenvalue weighted by Crippen LogP contribution is 2.33. The number of furan rings is 1. The molecule has 0 aliphatic heterocycles. The van der Waals surface area contributed by atoms with E-state index in [0.717, 1.165) is 18.1 Å². The summed E-state index contributed by atoms with van der Waals surface area (Å²) in [6.07, 6.45) is 11.2. The van der Waals surface area contributed by atoms with Gasteiger partial charge in [0.2, 0.25) is 0 Å². The molecule has 1 saturated carbocycles. The Morgan fingerprint density at radius 2 is 2.12 bits per heavy atom. The van der Waals surface area contributed by atoms with Crippen molar-refractivity contribution in [2.45, 2.75) is 57.9 Å². The van der Waals surface area contributed by atoms with Gasteiger partial charge in [0.05, 0.1) is 6.26 Å². The van der Waals surface area contributed by atoms with Crippen molar-refractivity contribution >= 4 is 0 Å². The predicted octanol–water partition coefficient (Wildman–Crippen LogP) is 4.07. The quantitative estimate of drug-likeness (QED) is 0.832. The molecule has 1 aliphatic carbocycles. The van der Waals surface area contributed by atoms with Crippen molar-refractivity contribution < 1.29 is 4.42 Å². The van der Waals surface area contributed by atoms with Crippen LogP contribution in [0.15, 0.2) is 16.7 Å². The van der Waals surface area contributed by atoms with Crippen LogP contribution in [0.1, 0.15) is 62.8 Å². The highest BCUT2D eigenvalue weighted by atomic mass is 16.3. The van der Waals surface area contributed by atoms with Gasteiger partial charge in [-0.05, 0) is 25.5 Å².